The fourth-order valence-corrected chi connectivity index (χ4v) is 1.44. The minimum Gasteiger partial charge on any atom is -0.394 e. The molecule has 1 aromatic rings. The highest BCUT2D eigenvalue weighted by Crippen LogP contribution is 2.22. The van der Waals surface area contributed by atoms with Gasteiger partial charge in [0.15, 0.2) is 0 Å². The van der Waals surface area contributed by atoms with Crippen molar-refractivity contribution in [1.29, 1.82) is 0 Å². The predicted octanol–water partition coefficient (Wildman–Crippen LogP) is 0.740. The van der Waals surface area contributed by atoms with Crippen LogP contribution in [0.5, 0.6) is 0 Å². The first-order valence-corrected chi connectivity index (χ1v) is 5.13. The molecule has 0 amide bonds. The van der Waals surface area contributed by atoms with Crippen molar-refractivity contribution in [2.45, 2.75) is 26.8 Å². The number of aliphatic hydroxyl groups is 1. The molecule has 5 nitrogen and oxygen atoms in total. The monoisotopic (exact) mass is 212 g/mol. The summed E-state index contributed by atoms with van der Waals surface area (Å²) in [5.41, 5.74) is 7.33. The van der Waals surface area contributed by atoms with Gasteiger partial charge in [-0.1, -0.05) is 13.8 Å². The van der Waals surface area contributed by atoms with Gasteiger partial charge in [0.1, 0.15) is 5.82 Å². The number of nitrogens with one attached hydrogen (secondary N) is 1. The Balaban J connectivity index is 2.88. The third-order valence-corrected chi connectivity index (χ3v) is 2.59. The molecule has 0 radical (unpaired) electrons. The van der Waals surface area contributed by atoms with Gasteiger partial charge in [0.05, 0.1) is 24.0 Å². The number of aromatic nitrogens is 2. The standard InChI is InChI=1S/C10H20N4O/c1-6(2)8(5-15)12-10-9(11)7(3)13-14(10)4/h6,8,12,15H,5,11H2,1-4H3. The molecular formula is C10H20N4O. The van der Waals surface area contributed by atoms with Gasteiger partial charge in [0, 0.05) is 7.05 Å². The maximum absolute atomic E-state index is 9.21. The second kappa shape index (κ2) is 4.53. The fraction of sp³-hybridized carbons (Fsp3) is 0.700. The molecule has 0 bridgehead atoms. The minimum atomic E-state index is 0.00194. The van der Waals surface area contributed by atoms with Crippen LogP contribution in [-0.4, -0.2) is 27.5 Å². The van der Waals surface area contributed by atoms with E-state index in [0.717, 1.165) is 11.5 Å². The summed E-state index contributed by atoms with van der Waals surface area (Å²) >= 11 is 0. The van der Waals surface area contributed by atoms with Crippen molar-refractivity contribution >= 4 is 11.5 Å². The quantitative estimate of drug-likeness (QED) is 0.688. The summed E-state index contributed by atoms with van der Waals surface area (Å²) in [5, 5.41) is 16.6. The van der Waals surface area contributed by atoms with Crippen LogP contribution in [0.4, 0.5) is 11.5 Å². The molecule has 1 heterocycles. The molecule has 0 saturated heterocycles. The number of aryl methyl sites for hydroxylation is 2. The van der Waals surface area contributed by atoms with Gasteiger partial charge in [-0.05, 0) is 12.8 Å². The lowest BCUT2D eigenvalue weighted by Gasteiger charge is -2.21. The number of nitrogens with zero attached hydrogens (tertiary/aromatic N) is 2. The van der Waals surface area contributed by atoms with E-state index in [1.54, 1.807) is 4.68 Å². The zero-order valence-electron chi connectivity index (χ0n) is 9.78. The topological polar surface area (TPSA) is 76.1 Å². The Bertz CT molecular complexity index is 332. The van der Waals surface area contributed by atoms with Crippen LogP contribution in [0, 0.1) is 12.8 Å². The van der Waals surface area contributed by atoms with Crippen molar-refractivity contribution < 1.29 is 5.11 Å². The smallest absolute Gasteiger partial charge is 0.148 e. The summed E-state index contributed by atoms with van der Waals surface area (Å²) in [6.45, 7) is 6.05. The summed E-state index contributed by atoms with van der Waals surface area (Å²) in [7, 11) is 1.83. The Kier molecular flexibility index (Phi) is 3.57. The molecule has 0 aliphatic heterocycles. The number of nitrogen functional groups attached to an aromatic ring is 1. The summed E-state index contributed by atoms with van der Waals surface area (Å²) in [4.78, 5) is 0. The van der Waals surface area contributed by atoms with Gasteiger partial charge in [0.2, 0.25) is 0 Å². The third kappa shape index (κ3) is 2.41. The molecule has 1 unspecified atom stereocenters. The highest BCUT2D eigenvalue weighted by molar-refractivity contribution is 5.64. The SMILES string of the molecule is Cc1nn(C)c(NC(CO)C(C)C)c1N. The van der Waals surface area contributed by atoms with Crippen LogP contribution < -0.4 is 11.1 Å². The van der Waals surface area contributed by atoms with Crippen molar-refractivity contribution in [3.63, 3.8) is 0 Å². The third-order valence-electron chi connectivity index (χ3n) is 2.59. The average molecular weight is 212 g/mol. The lowest BCUT2D eigenvalue weighted by Crippen LogP contribution is -2.30. The molecule has 0 spiro atoms. The molecule has 1 atom stereocenters. The Morgan fingerprint density at radius 2 is 2.13 bits per heavy atom. The van der Waals surface area contributed by atoms with Crippen LogP contribution in [0.3, 0.4) is 0 Å². The first-order valence-electron chi connectivity index (χ1n) is 5.13. The van der Waals surface area contributed by atoms with E-state index in [4.69, 9.17) is 5.73 Å². The first kappa shape index (κ1) is 11.8. The van der Waals surface area contributed by atoms with Crippen LogP contribution in [0.15, 0.2) is 0 Å². The number of hydrogen-bond acceptors (Lipinski definition) is 4. The van der Waals surface area contributed by atoms with Gasteiger partial charge >= 0.3 is 0 Å². The number of anilines is 2. The van der Waals surface area contributed by atoms with Crippen LogP contribution in [0.2, 0.25) is 0 Å². The van der Waals surface area contributed by atoms with Crippen LogP contribution >= 0.6 is 0 Å². The maximum Gasteiger partial charge on any atom is 0.148 e. The van der Waals surface area contributed by atoms with E-state index in [2.05, 4.69) is 10.4 Å². The van der Waals surface area contributed by atoms with Crippen LogP contribution in [0.25, 0.3) is 0 Å². The lowest BCUT2D eigenvalue weighted by atomic mass is 10.1. The van der Waals surface area contributed by atoms with Crippen molar-refractivity contribution in [3.8, 4) is 0 Å². The molecule has 0 saturated carbocycles. The Morgan fingerprint density at radius 1 is 1.53 bits per heavy atom. The van der Waals surface area contributed by atoms with Gasteiger partial charge in [0.25, 0.3) is 0 Å². The van der Waals surface area contributed by atoms with Crippen molar-refractivity contribution in [2.24, 2.45) is 13.0 Å². The minimum absolute atomic E-state index is 0.00194. The second-order valence-corrected chi connectivity index (χ2v) is 4.15. The molecule has 15 heavy (non-hydrogen) atoms. The van der Waals surface area contributed by atoms with Gasteiger partial charge in [-0.25, -0.2) is 0 Å². The van der Waals surface area contributed by atoms with Crippen molar-refractivity contribution in [3.05, 3.63) is 5.69 Å². The number of hydrogen-bond donors (Lipinski definition) is 3. The Morgan fingerprint density at radius 3 is 2.47 bits per heavy atom. The molecule has 86 valence electrons. The van der Waals surface area contributed by atoms with Crippen molar-refractivity contribution in [1.82, 2.24) is 9.78 Å². The fourth-order valence-electron chi connectivity index (χ4n) is 1.44. The van der Waals surface area contributed by atoms with Gasteiger partial charge in [-0.15, -0.1) is 0 Å². The molecule has 1 aromatic heterocycles. The largest absolute Gasteiger partial charge is 0.394 e. The van der Waals surface area contributed by atoms with E-state index in [1.807, 2.05) is 27.8 Å². The zero-order valence-corrected chi connectivity index (χ0v) is 9.78. The summed E-state index contributed by atoms with van der Waals surface area (Å²) in [6, 6.07) is 0.00194. The number of nitrogens with two attached hydrogens (primary N) is 1. The van der Waals surface area contributed by atoms with Crippen LogP contribution in [-0.2, 0) is 7.05 Å². The van der Waals surface area contributed by atoms with Gasteiger partial charge in [-0.2, -0.15) is 5.10 Å². The van der Waals surface area contributed by atoms with E-state index in [-0.39, 0.29) is 12.6 Å². The molecule has 5 heteroatoms. The lowest BCUT2D eigenvalue weighted by molar-refractivity contribution is 0.248. The molecule has 1 rings (SSSR count). The molecule has 4 N–H and O–H groups in total. The highest BCUT2D eigenvalue weighted by Gasteiger charge is 2.16. The molecular weight excluding hydrogens is 192 g/mol. The molecule has 0 aliphatic rings. The molecule has 0 aromatic carbocycles. The van der Waals surface area contributed by atoms with Gasteiger partial charge < -0.3 is 16.2 Å². The second-order valence-electron chi connectivity index (χ2n) is 4.15. The van der Waals surface area contributed by atoms with E-state index in [9.17, 15) is 5.11 Å². The van der Waals surface area contributed by atoms with Crippen molar-refractivity contribution in [2.75, 3.05) is 17.7 Å². The summed E-state index contributed by atoms with van der Waals surface area (Å²) in [5.74, 6) is 1.12. The van der Waals surface area contributed by atoms with E-state index >= 15 is 0 Å². The summed E-state index contributed by atoms with van der Waals surface area (Å²) < 4.78 is 1.70. The Hall–Kier alpha value is -1.23. The Labute approximate surface area is 90.3 Å². The van der Waals surface area contributed by atoms with Gasteiger partial charge in [-0.3, -0.25) is 4.68 Å². The number of aliphatic hydroxyl groups excluding tert-OH is 1. The molecule has 0 aliphatic carbocycles. The first-order chi connectivity index (χ1) is 6.97. The summed E-state index contributed by atoms with van der Waals surface area (Å²) in [6.07, 6.45) is 0. The predicted molar refractivity (Wildman–Crippen MR) is 61.7 cm³/mol. The average Bonchev–Trinajstić information content (AvgIpc) is 2.39. The van der Waals surface area contributed by atoms with E-state index < -0.39 is 0 Å². The van der Waals surface area contributed by atoms with E-state index in [0.29, 0.717) is 11.6 Å². The van der Waals surface area contributed by atoms with E-state index in [1.165, 1.54) is 0 Å². The highest BCUT2D eigenvalue weighted by atomic mass is 16.3. The van der Waals surface area contributed by atoms with Crippen LogP contribution in [0.1, 0.15) is 19.5 Å². The molecule has 0 fully saturated rings. The maximum atomic E-state index is 9.21. The zero-order chi connectivity index (χ0) is 11.6. The normalized spacial score (nSPS) is 13.2. The number of rotatable bonds is 4.